The van der Waals surface area contributed by atoms with E-state index in [1.54, 1.807) is 30.3 Å². The summed E-state index contributed by atoms with van der Waals surface area (Å²) >= 11 is 0. The Morgan fingerprint density at radius 2 is 1.88 bits per heavy atom. The van der Waals surface area contributed by atoms with Gasteiger partial charge in [0.2, 0.25) is 0 Å². The number of rotatable bonds is 6. The normalized spacial score (nSPS) is 11.8. The molecule has 0 saturated carbocycles. The van der Waals surface area contributed by atoms with E-state index in [-0.39, 0.29) is 25.4 Å². The first kappa shape index (κ1) is 13.2. The number of aliphatic hydroxyl groups is 1. The number of carbonyl (C=O) groups is 2. The van der Waals surface area contributed by atoms with E-state index in [2.05, 4.69) is 5.32 Å². The molecule has 0 saturated heterocycles. The zero-order valence-electron chi connectivity index (χ0n) is 9.30. The third-order valence-electron chi connectivity index (χ3n) is 2.30. The van der Waals surface area contributed by atoms with Crippen LogP contribution in [0, 0.1) is 0 Å². The number of carboxylic acid groups (broad SMARTS) is 1. The first-order chi connectivity index (χ1) is 8.13. The van der Waals surface area contributed by atoms with Crippen molar-refractivity contribution >= 4 is 11.9 Å². The Morgan fingerprint density at radius 1 is 1.24 bits per heavy atom. The van der Waals surface area contributed by atoms with Crippen LogP contribution < -0.4 is 5.32 Å². The second-order valence-electron chi connectivity index (χ2n) is 3.65. The van der Waals surface area contributed by atoms with Gasteiger partial charge in [0.25, 0.3) is 5.91 Å². The van der Waals surface area contributed by atoms with Crippen molar-refractivity contribution in [2.75, 3.05) is 6.61 Å². The molecule has 0 aliphatic heterocycles. The molecule has 0 radical (unpaired) electrons. The lowest BCUT2D eigenvalue weighted by molar-refractivity contribution is -0.137. The predicted molar refractivity (Wildman–Crippen MR) is 61.7 cm³/mol. The number of carboxylic acids is 1. The van der Waals surface area contributed by atoms with E-state index in [0.29, 0.717) is 5.56 Å². The number of benzene rings is 1. The van der Waals surface area contributed by atoms with Gasteiger partial charge in [0, 0.05) is 12.0 Å². The Morgan fingerprint density at radius 3 is 2.41 bits per heavy atom. The maximum absolute atomic E-state index is 11.7. The minimum absolute atomic E-state index is 0.0830. The van der Waals surface area contributed by atoms with Crippen molar-refractivity contribution in [3.63, 3.8) is 0 Å². The summed E-state index contributed by atoms with van der Waals surface area (Å²) in [6, 6.07) is 8.05. The van der Waals surface area contributed by atoms with E-state index in [4.69, 9.17) is 10.2 Å². The molecule has 1 rings (SSSR count). The molecule has 1 amide bonds. The average molecular weight is 237 g/mol. The second kappa shape index (κ2) is 6.65. The van der Waals surface area contributed by atoms with Crippen molar-refractivity contribution < 1.29 is 19.8 Å². The van der Waals surface area contributed by atoms with Gasteiger partial charge in [-0.05, 0) is 18.6 Å². The third-order valence-corrected chi connectivity index (χ3v) is 2.30. The van der Waals surface area contributed by atoms with E-state index in [0.717, 1.165) is 0 Å². The maximum Gasteiger partial charge on any atom is 0.303 e. The van der Waals surface area contributed by atoms with E-state index >= 15 is 0 Å². The van der Waals surface area contributed by atoms with Crippen LogP contribution in [0.1, 0.15) is 23.2 Å². The minimum atomic E-state index is -0.947. The molecule has 1 atom stereocenters. The summed E-state index contributed by atoms with van der Waals surface area (Å²) in [6.45, 7) is -0.272. The molecular weight excluding hydrogens is 222 g/mol. The molecule has 1 unspecified atom stereocenters. The Labute approximate surface area is 99.1 Å². The van der Waals surface area contributed by atoms with Gasteiger partial charge < -0.3 is 15.5 Å². The molecule has 1 aromatic carbocycles. The van der Waals surface area contributed by atoms with Crippen molar-refractivity contribution in [1.29, 1.82) is 0 Å². The highest BCUT2D eigenvalue weighted by Crippen LogP contribution is 2.02. The number of carbonyl (C=O) groups excluding carboxylic acids is 1. The van der Waals surface area contributed by atoms with Gasteiger partial charge >= 0.3 is 5.97 Å². The second-order valence-corrected chi connectivity index (χ2v) is 3.65. The summed E-state index contributed by atoms with van der Waals surface area (Å²) in [5.74, 6) is -1.26. The quantitative estimate of drug-likeness (QED) is 0.677. The highest BCUT2D eigenvalue weighted by atomic mass is 16.4. The Balaban J connectivity index is 2.51. The number of amides is 1. The molecule has 0 aromatic heterocycles. The van der Waals surface area contributed by atoms with Gasteiger partial charge in [0.05, 0.1) is 12.6 Å². The number of hydrogen-bond acceptors (Lipinski definition) is 3. The summed E-state index contributed by atoms with van der Waals surface area (Å²) in [7, 11) is 0. The Bertz CT molecular complexity index is 377. The molecule has 0 bridgehead atoms. The van der Waals surface area contributed by atoms with Crippen molar-refractivity contribution in [3.8, 4) is 0 Å². The van der Waals surface area contributed by atoms with Crippen LogP contribution in [-0.2, 0) is 4.79 Å². The van der Waals surface area contributed by atoms with Crippen LogP contribution >= 0.6 is 0 Å². The van der Waals surface area contributed by atoms with Gasteiger partial charge in [0.15, 0.2) is 0 Å². The van der Waals surface area contributed by atoms with Crippen LogP contribution in [0.3, 0.4) is 0 Å². The van der Waals surface area contributed by atoms with Crippen molar-refractivity contribution in [2.24, 2.45) is 0 Å². The zero-order valence-corrected chi connectivity index (χ0v) is 9.30. The lowest BCUT2D eigenvalue weighted by Crippen LogP contribution is -2.37. The monoisotopic (exact) mass is 237 g/mol. The van der Waals surface area contributed by atoms with Gasteiger partial charge in [-0.15, -0.1) is 0 Å². The van der Waals surface area contributed by atoms with Crippen LogP contribution in [-0.4, -0.2) is 34.7 Å². The molecule has 0 aliphatic rings. The third kappa shape index (κ3) is 4.65. The summed E-state index contributed by atoms with van der Waals surface area (Å²) in [5.41, 5.74) is 0.487. The number of hydrogen-bond donors (Lipinski definition) is 3. The van der Waals surface area contributed by atoms with Crippen LogP contribution in [0.4, 0.5) is 0 Å². The number of nitrogens with one attached hydrogen (secondary N) is 1. The summed E-state index contributed by atoms with van der Waals surface area (Å²) in [5, 5.41) is 20.1. The van der Waals surface area contributed by atoms with E-state index in [1.165, 1.54) is 0 Å². The van der Waals surface area contributed by atoms with Gasteiger partial charge in [-0.1, -0.05) is 18.2 Å². The first-order valence-electron chi connectivity index (χ1n) is 5.32. The van der Waals surface area contributed by atoms with Gasteiger partial charge in [0.1, 0.15) is 0 Å². The topological polar surface area (TPSA) is 86.6 Å². The average Bonchev–Trinajstić information content (AvgIpc) is 2.35. The molecule has 92 valence electrons. The molecule has 17 heavy (non-hydrogen) atoms. The Hall–Kier alpha value is -1.88. The SMILES string of the molecule is O=C(O)CCC(CO)NC(=O)c1ccccc1. The molecule has 0 heterocycles. The van der Waals surface area contributed by atoms with Gasteiger partial charge in [-0.3, -0.25) is 9.59 Å². The standard InChI is InChI=1S/C12H15NO4/c14-8-10(6-7-11(15)16)13-12(17)9-4-2-1-3-5-9/h1-5,10,14H,6-8H2,(H,13,17)(H,15,16). The van der Waals surface area contributed by atoms with Gasteiger partial charge in [-0.2, -0.15) is 0 Å². The zero-order chi connectivity index (χ0) is 12.7. The van der Waals surface area contributed by atoms with Crippen molar-refractivity contribution in [3.05, 3.63) is 35.9 Å². The molecule has 5 heteroatoms. The fraction of sp³-hybridized carbons (Fsp3) is 0.333. The van der Waals surface area contributed by atoms with Crippen LogP contribution in [0.2, 0.25) is 0 Å². The van der Waals surface area contributed by atoms with Crippen molar-refractivity contribution in [2.45, 2.75) is 18.9 Å². The molecule has 5 nitrogen and oxygen atoms in total. The molecule has 0 fully saturated rings. The summed E-state index contributed by atoms with van der Waals surface area (Å²) in [4.78, 5) is 22.1. The Kier molecular flexibility index (Phi) is 5.16. The van der Waals surface area contributed by atoms with Crippen molar-refractivity contribution in [1.82, 2.24) is 5.32 Å². The molecule has 3 N–H and O–H groups in total. The largest absolute Gasteiger partial charge is 0.481 e. The minimum Gasteiger partial charge on any atom is -0.481 e. The lowest BCUT2D eigenvalue weighted by Gasteiger charge is -2.15. The summed E-state index contributed by atoms with van der Waals surface area (Å²) in [6.07, 6.45) is 0.130. The number of aliphatic hydroxyl groups excluding tert-OH is 1. The van der Waals surface area contributed by atoms with E-state index in [1.807, 2.05) is 0 Å². The van der Waals surface area contributed by atoms with Crippen LogP contribution in [0.15, 0.2) is 30.3 Å². The highest BCUT2D eigenvalue weighted by Gasteiger charge is 2.13. The molecule has 0 aliphatic carbocycles. The predicted octanol–water partition coefficient (Wildman–Crippen LogP) is 0.642. The molecular formula is C12H15NO4. The number of aliphatic carboxylic acids is 1. The smallest absolute Gasteiger partial charge is 0.303 e. The molecule has 1 aromatic rings. The fourth-order valence-electron chi connectivity index (χ4n) is 1.37. The lowest BCUT2D eigenvalue weighted by atomic mass is 10.1. The molecule has 0 spiro atoms. The fourth-order valence-corrected chi connectivity index (χ4v) is 1.37. The van der Waals surface area contributed by atoms with Gasteiger partial charge in [-0.25, -0.2) is 0 Å². The highest BCUT2D eigenvalue weighted by molar-refractivity contribution is 5.94. The van der Waals surface area contributed by atoms with Crippen LogP contribution in [0.25, 0.3) is 0 Å². The van der Waals surface area contributed by atoms with Crippen LogP contribution in [0.5, 0.6) is 0 Å². The summed E-state index contributed by atoms with van der Waals surface area (Å²) < 4.78 is 0. The maximum atomic E-state index is 11.7. The first-order valence-corrected chi connectivity index (χ1v) is 5.32. The van der Waals surface area contributed by atoms with E-state index in [9.17, 15) is 9.59 Å². The van der Waals surface area contributed by atoms with E-state index < -0.39 is 12.0 Å².